The first-order valence-corrected chi connectivity index (χ1v) is 19.5. The minimum Gasteiger partial charge on any atom is -0.456 e. The van der Waals surface area contributed by atoms with Gasteiger partial charge in [-0.05, 0) is 54.6 Å². The second-order valence-corrected chi connectivity index (χ2v) is 15.1. The van der Waals surface area contributed by atoms with Crippen LogP contribution in [0.4, 0.5) is 0 Å². The molecule has 0 atom stereocenters. The quantitative estimate of drug-likeness (QED) is 0.173. The maximum Gasteiger partial charge on any atom is 0.164 e. The first kappa shape index (κ1) is 31.8. The van der Waals surface area contributed by atoms with Crippen molar-refractivity contribution in [1.82, 2.24) is 24.9 Å². The Morgan fingerprint density at radius 2 is 0.947 bits per heavy atom. The van der Waals surface area contributed by atoms with E-state index in [1.54, 1.807) is 11.3 Å². The van der Waals surface area contributed by atoms with Crippen molar-refractivity contribution in [2.75, 3.05) is 0 Å². The first-order chi connectivity index (χ1) is 28.2. The van der Waals surface area contributed by atoms with Gasteiger partial charge in [0.15, 0.2) is 23.3 Å². The van der Waals surface area contributed by atoms with Crippen molar-refractivity contribution in [3.8, 4) is 56.8 Å². The molecule has 0 bridgehead atoms. The highest BCUT2D eigenvalue weighted by molar-refractivity contribution is 7.26. The fourth-order valence-electron chi connectivity index (χ4n) is 7.87. The number of furan rings is 2. The zero-order valence-corrected chi connectivity index (χ0v) is 30.9. The van der Waals surface area contributed by atoms with E-state index < -0.39 is 0 Å². The fourth-order valence-corrected chi connectivity index (χ4v) is 9.02. The van der Waals surface area contributed by atoms with Gasteiger partial charge in [-0.25, -0.2) is 24.9 Å². The monoisotopic (exact) mass is 749 g/mol. The van der Waals surface area contributed by atoms with E-state index in [9.17, 15) is 0 Å². The molecule has 0 saturated carbocycles. The normalized spacial score (nSPS) is 11.9. The lowest BCUT2D eigenvalue weighted by Gasteiger charge is -2.10. The van der Waals surface area contributed by atoms with Crippen molar-refractivity contribution in [3.05, 3.63) is 164 Å². The molecule has 5 heterocycles. The second-order valence-electron chi connectivity index (χ2n) is 14.0. The summed E-state index contributed by atoms with van der Waals surface area (Å²) in [7, 11) is 0. The van der Waals surface area contributed by atoms with E-state index in [2.05, 4.69) is 66.7 Å². The predicted octanol–water partition coefficient (Wildman–Crippen LogP) is 13.2. The van der Waals surface area contributed by atoms with E-state index in [1.807, 2.05) is 97.1 Å². The molecule has 7 nitrogen and oxygen atoms in total. The number of aromatic nitrogens is 5. The summed E-state index contributed by atoms with van der Waals surface area (Å²) in [6.07, 6.45) is 0. The Hall–Kier alpha value is -7.55. The van der Waals surface area contributed by atoms with Gasteiger partial charge in [-0.2, -0.15) is 0 Å². The molecule has 0 amide bonds. The molecule has 0 unspecified atom stereocenters. The minimum absolute atomic E-state index is 0.551. The van der Waals surface area contributed by atoms with Gasteiger partial charge in [0, 0.05) is 59.4 Å². The summed E-state index contributed by atoms with van der Waals surface area (Å²) in [5.41, 5.74) is 9.54. The van der Waals surface area contributed by atoms with Crippen LogP contribution in [0.5, 0.6) is 0 Å². The van der Waals surface area contributed by atoms with E-state index in [4.69, 9.17) is 33.8 Å². The minimum atomic E-state index is 0.551. The average molecular weight is 750 g/mol. The predicted molar refractivity (Wildman–Crippen MR) is 230 cm³/mol. The molecule has 7 aromatic carbocycles. The van der Waals surface area contributed by atoms with Gasteiger partial charge in [0.1, 0.15) is 22.3 Å². The van der Waals surface area contributed by atoms with Crippen LogP contribution in [0.3, 0.4) is 0 Å². The highest BCUT2D eigenvalue weighted by atomic mass is 32.1. The van der Waals surface area contributed by atoms with Gasteiger partial charge >= 0.3 is 0 Å². The van der Waals surface area contributed by atoms with Crippen molar-refractivity contribution < 1.29 is 8.83 Å². The number of thiophene rings is 1. The lowest BCUT2D eigenvalue weighted by atomic mass is 10.0. The highest BCUT2D eigenvalue weighted by Gasteiger charge is 2.21. The third-order valence-corrected chi connectivity index (χ3v) is 11.7. The molecular weight excluding hydrogens is 723 g/mol. The summed E-state index contributed by atoms with van der Waals surface area (Å²) >= 11 is 1.72. The Kier molecular flexibility index (Phi) is 6.96. The Morgan fingerprint density at radius 1 is 0.368 bits per heavy atom. The molecule has 12 aromatic rings. The molecule has 57 heavy (non-hydrogen) atoms. The fraction of sp³-hybridized carbons (Fsp3) is 0. The summed E-state index contributed by atoms with van der Waals surface area (Å²) in [5.74, 6) is 2.39. The van der Waals surface area contributed by atoms with Crippen LogP contribution in [-0.2, 0) is 0 Å². The third-order valence-electron chi connectivity index (χ3n) is 10.6. The molecule has 0 fully saturated rings. The van der Waals surface area contributed by atoms with E-state index in [-0.39, 0.29) is 0 Å². The maximum absolute atomic E-state index is 6.53. The Morgan fingerprint density at radius 3 is 1.75 bits per heavy atom. The van der Waals surface area contributed by atoms with Crippen LogP contribution in [0.2, 0.25) is 0 Å². The van der Waals surface area contributed by atoms with Gasteiger partial charge in [-0.15, -0.1) is 11.3 Å². The van der Waals surface area contributed by atoms with Gasteiger partial charge in [0.25, 0.3) is 0 Å². The van der Waals surface area contributed by atoms with Crippen molar-refractivity contribution in [2.24, 2.45) is 0 Å². The number of rotatable bonds is 5. The lowest BCUT2D eigenvalue weighted by Crippen LogP contribution is -2.00. The van der Waals surface area contributed by atoms with Crippen LogP contribution in [0.1, 0.15) is 0 Å². The van der Waals surface area contributed by atoms with Crippen molar-refractivity contribution >= 4 is 75.5 Å². The summed E-state index contributed by atoms with van der Waals surface area (Å²) in [4.78, 5) is 25.7. The molecule has 0 spiro atoms. The largest absolute Gasteiger partial charge is 0.456 e. The molecule has 0 N–H and O–H groups in total. The van der Waals surface area contributed by atoms with Crippen molar-refractivity contribution in [2.45, 2.75) is 0 Å². The first-order valence-electron chi connectivity index (χ1n) is 18.7. The van der Waals surface area contributed by atoms with E-state index in [1.165, 1.54) is 4.70 Å². The van der Waals surface area contributed by atoms with Crippen LogP contribution in [0.25, 0.3) is 121 Å². The standard InChI is InChI=1S/C49H27N5O2S/c1-3-12-28(13-4-1)46-50-43(45-44(51-46)33-17-8-10-21-41(33)57-45)30-22-24-39-36(26-30)42-34(18-11-20-40(42)56-39)49-53-47(29-14-5-2-6-15-29)52-48(54-49)31-23-25-38-35(27-31)32-16-7-9-19-37(32)55-38/h1-27H. The van der Waals surface area contributed by atoms with Gasteiger partial charge in [-0.3, -0.25) is 0 Å². The van der Waals surface area contributed by atoms with Crippen LogP contribution >= 0.6 is 11.3 Å². The molecule has 0 aliphatic heterocycles. The number of hydrogen-bond acceptors (Lipinski definition) is 8. The number of para-hydroxylation sites is 1. The molecular formula is C49H27N5O2S. The smallest absolute Gasteiger partial charge is 0.164 e. The van der Waals surface area contributed by atoms with E-state index in [0.29, 0.717) is 23.3 Å². The molecule has 266 valence electrons. The second kappa shape index (κ2) is 12.5. The summed E-state index contributed by atoms with van der Waals surface area (Å²) < 4.78 is 14.9. The third kappa shape index (κ3) is 5.15. The Labute approximate surface area is 328 Å². The molecule has 0 radical (unpaired) electrons. The maximum atomic E-state index is 6.53. The number of nitrogens with zero attached hydrogens (tertiary/aromatic N) is 5. The topological polar surface area (TPSA) is 90.7 Å². The average Bonchev–Trinajstić information content (AvgIpc) is 3.97. The molecule has 8 heteroatoms. The van der Waals surface area contributed by atoms with Crippen molar-refractivity contribution in [3.63, 3.8) is 0 Å². The molecule has 0 saturated heterocycles. The van der Waals surface area contributed by atoms with Crippen LogP contribution in [-0.4, -0.2) is 24.9 Å². The summed E-state index contributed by atoms with van der Waals surface area (Å²) in [6.45, 7) is 0. The Bertz CT molecular complexity index is 3540. The SMILES string of the molecule is c1ccc(-c2nc(-c3ccc4oc5ccccc5c4c3)nc(-c3cccc4oc5ccc(-c6nc(-c7ccccc7)nc7c6sc6ccccc67)cc5c34)n2)cc1. The van der Waals surface area contributed by atoms with Gasteiger partial charge in [0.05, 0.1) is 15.9 Å². The van der Waals surface area contributed by atoms with E-state index in [0.717, 1.165) is 93.0 Å². The number of benzene rings is 7. The zero-order chi connectivity index (χ0) is 37.5. The molecule has 12 rings (SSSR count). The molecule has 5 aromatic heterocycles. The van der Waals surface area contributed by atoms with E-state index >= 15 is 0 Å². The van der Waals surface area contributed by atoms with Gasteiger partial charge in [-0.1, -0.05) is 109 Å². The number of hydrogen-bond donors (Lipinski definition) is 0. The van der Waals surface area contributed by atoms with Crippen LogP contribution in [0.15, 0.2) is 173 Å². The number of fused-ring (bicyclic) bond motifs is 9. The zero-order valence-electron chi connectivity index (χ0n) is 30.0. The molecule has 0 aliphatic rings. The summed E-state index contributed by atoms with van der Waals surface area (Å²) in [5, 5.41) is 5.04. The van der Waals surface area contributed by atoms with Crippen LogP contribution < -0.4 is 0 Å². The lowest BCUT2D eigenvalue weighted by molar-refractivity contribution is 0.668. The Balaban J connectivity index is 1.08. The van der Waals surface area contributed by atoms with Gasteiger partial charge < -0.3 is 8.83 Å². The van der Waals surface area contributed by atoms with Gasteiger partial charge in [0.2, 0.25) is 0 Å². The summed E-state index contributed by atoms with van der Waals surface area (Å²) in [6, 6.07) is 55.2. The highest BCUT2D eigenvalue weighted by Crippen LogP contribution is 2.43. The van der Waals surface area contributed by atoms with Crippen LogP contribution in [0, 0.1) is 0 Å². The molecule has 0 aliphatic carbocycles. The van der Waals surface area contributed by atoms with Crippen molar-refractivity contribution in [1.29, 1.82) is 0 Å².